The molecular formula is C10H13BrN2. The summed E-state index contributed by atoms with van der Waals surface area (Å²) in [5.41, 5.74) is 2.26. The van der Waals surface area contributed by atoms with Crippen LogP contribution in [-0.2, 0) is 0 Å². The molecule has 70 valence electrons. The third-order valence-corrected chi connectivity index (χ3v) is 2.43. The van der Waals surface area contributed by atoms with Crippen molar-refractivity contribution in [2.45, 2.75) is 13.3 Å². The second-order valence-electron chi connectivity index (χ2n) is 2.81. The highest BCUT2D eigenvalue weighted by molar-refractivity contribution is 9.10. The second-order valence-corrected chi connectivity index (χ2v) is 3.67. The SMILES string of the molecule is C=C(CC)CNc1ccncc1Br. The minimum Gasteiger partial charge on any atom is -0.380 e. The monoisotopic (exact) mass is 240 g/mol. The lowest BCUT2D eigenvalue weighted by Crippen LogP contribution is -2.03. The van der Waals surface area contributed by atoms with Crippen LogP contribution in [0.1, 0.15) is 13.3 Å². The quantitative estimate of drug-likeness (QED) is 0.818. The Morgan fingerprint density at radius 1 is 1.69 bits per heavy atom. The molecule has 3 heteroatoms. The smallest absolute Gasteiger partial charge is 0.0590 e. The molecule has 0 radical (unpaired) electrons. The van der Waals surface area contributed by atoms with Crippen molar-refractivity contribution in [3.8, 4) is 0 Å². The molecule has 0 spiro atoms. The summed E-state index contributed by atoms with van der Waals surface area (Å²) in [4.78, 5) is 3.98. The maximum Gasteiger partial charge on any atom is 0.0590 e. The zero-order chi connectivity index (χ0) is 9.68. The highest BCUT2D eigenvalue weighted by atomic mass is 79.9. The van der Waals surface area contributed by atoms with Crippen molar-refractivity contribution < 1.29 is 0 Å². The number of pyridine rings is 1. The van der Waals surface area contributed by atoms with Gasteiger partial charge in [-0.05, 0) is 28.4 Å². The summed E-state index contributed by atoms with van der Waals surface area (Å²) in [5, 5.41) is 3.28. The van der Waals surface area contributed by atoms with Gasteiger partial charge in [-0.3, -0.25) is 4.98 Å². The first-order chi connectivity index (χ1) is 6.24. The maximum absolute atomic E-state index is 3.98. The molecule has 0 saturated heterocycles. The fourth-order valence-electron chi connectivity index (χ4n) is 0.864. The second kappa shape index (κ2) is 5.02. The van der Waals surface area contributed by atoms with Gasteiger partial charge in [0.1, 0.15) is 0 Å². The summed E-state index contributed by atoms with van der Waals surface area (Å²) < 4.78 is 0.985. The lowest BCUT2D eigenvalue weighted by atomic mass is 10.2. The average Bonchev–Trinajstić information content (AvgIpc) is 2.16. The molecule has 0 aliphatic rings. The minimum absolute atomic E-state index is 0.819. The highest BCUT2D eigenvalue weighted by Crippen LogP contribution is 2.19. The molecule has 13 heavy (non-hydrogen) atoms. The van der Waals surface area contributed by atoms with Crippen LogP contribution in [0, 0.1) is 0 Å². The van der Waals surface area contributed by atoms with Crippen LogP contribution < -0.4 is 5.32 Å². The largest absolute Gasteiger partial charge is 0.380 e. The van der Waals surface area contributed by atoms with Crippen molar-refractivity contribution in [3.05, 3.63) is 35.1 Å². The fraction of sp³-hybridized carbons (Fsp3) is 0.300. The predicted molar refractivity (Wildman–Crippen MR) is 59.9 cm³/mol. The van der Waals surface area contributed by atoms with Gasteiger partial charge in [-0.2, -0.15) is 0 Å². The molecule has 0 saturated carbocycles. The normalized spacial score (nSPS) is 9.69. The summed E-state index contributed by atoms with van der Waals surface area (Å²) in [7, 11) is 0. The van der Waals surface area contributed by atoms with Gasteiger partial charge >= 0.3 is 0 Å². The van der Waals surface area contributed by atoms with E-state index in [1.54, 1.807) is 12.4 Å². The van der Waals surface area contributed by atoms with Gasteiger partial charge in [-0.15, -0.1) is 0 Å². The van der Waals surface area contributed by atoms with Crippen LogP contribution in [0.3, 0.4) is 0 Å². The Morgan fingerprint density at radius 2 is 2.46 bits per heavy atom. The number of nitrogens with one attached hydrogen (secondary N) is 1. The van der Waals surface area contributed by atoms with E-state index < -0.39 is 0 Å². The van der Waals surface area contributed by atoms with E-state index in [2.05, 4.69) is 39.7 Å². The lowest BCUT2D eigenvalue weighted by Gasteiger charge is -2.08. The number of halogens is 1. The van der Waals surface area contributed by atoms with Gasteiger partial charge in [0.15, 0.2) is 0 Å². The average molecular weight is 241 g/mol. The maximum atomic E-state index is 3.98. The summed E-state index contributed by atoms with van der Waals surface area (Å²) >= 11 is 3.41. The molecule has 0 fully saturated rings. The molecule has 0 aromatic carbocycles. The van der Waals surface area contributed by atoms with E-state index >= 15 is 0 Å². The zero-order valence-electron chi connectivity index (χ0n) is 7.68. The third-order valence-electron chi connectivity index (χ3n) is 1.80. The van der Waals surface area contributed by atoms with Gasteiger partial charge in [-0.1, -0.05) is 19.1 Å². The van der Waals surface area contributed by atoms with E-state index in [4.69, 9.17) is 0 Å². The number of hydrogen-bond donors (Lipinski definition) is 1. The molecule has 0 aliphatic heterocycles. The molecule has 1 aromatic rings. The van der Waals surface area contributed by atoms with Crippen molar-refractivity contribution in [1.82, 2.24) is 4.98 Å². The van der Waals surface area contributed by atoms with Crippen molar-refractivity contribution in [3.63, 3.8) is 0 Å². The van der Waals surface area contributed by atoms with Crippen molar-refractivity contribution in [2.24, 2.45) is 0 Å². The molecule has 1 N–H and O–H groups in total. The molecule has 0 unspecified atom stereocenters. The van der Waals surface area contributed by atoms with Gasteiger partial charge in [-0.25, -0.2) is 0 Å². The first-order valence-corrected chi connectivity index (χ1v) is 5.03. The van der Waals surface area contributed by atoms with Gasteiger partial charge < -0.3 is 5.32 Å². The molecular weight excluding hydrogens is 228 g/mol. The number of aromatic nitrogens is 1. The number of rotatable bonds is 4. The summed E-state index contributed by atoms with van der Waals surface area (Å²) in [6.07, 6.45) is 4.55. The number of hydrogen-bond acceptors (Lipinski definition) is 2. The topological polar surface area (TPSA) is 24.9 Å². The molecule has 2 nitrogen and oxygen atoms in total. The number of nitrogens with zero attached hydrogens (tertiary/aromatic N) is 1. The van der Waals surface area contributed by atoms with Gasteiger partial charge in [0.05, 0.1) is 10.2 Å². The van der Waals surface area contributed by atoms with Crippen LogP contribution in [-0.4, -0.2) is 11.5 Å². The van der Waals surface area contributed by atoms with Gasteiger partial charge in [0.25, 0.3) is 0 Å². The standard InChI is InChI=1S/C10H13BrN2/c1-3-8(2)6-13-10-4-5-12-7-9(10)11/h4-5,7H,2-3,6H2,1H3,(H,12,13). The van der Waals surface area contributed by atoms with Crippen LogP contribution in [0.15, 0.2) is 35.1 Å². The zero-order valence-corrected chi connectivity index (χ0v) is 9.26. The molecule has 1 heterocycles. The van der Waals surface area contributed by atoms with Gasteiger partial charge in [0, 0.05) is 18.9 Å². The summed E-state index contributed by atoms with van der Waals surface area (Å²) in [5.74, 6) is 0. The van der Waals surface area contributed by atoms with E-state index in [0.717, 1.165) is 23.1 Å². The summed E-state index contributed by atoms with van der Waals surface area (Å²) in [6.45, 7) is 6.85. The predicted octanol–water partition coefficient (Wildman–Crippen LogP) is 3.22. The van der Waals surface area contributed by atoms with E-state index in [1.165, 1.54) is 5.57 Å². The third kappa shape index (κ3) is 3.19. The molecule has 1 rings (SSSR count). The minimum atomic E-state index is 0.819. The van der Waals surface area contributed by atoms with Gasteiger partial charge in [0.2, 0.25) is 0 Å². The van der Waals surface area contributed by atoms with Crippen LogP contribution >= 0.6 is 15.9 Å². The van der Waals surface area contributed by atoms with E-state index in [-0.39, 0.29) is 0 Å². The van der Waals surface area contributed by atoms with Crippen molar-refractivity contribution in [2.75, 3.05) is 11.9 Å². The Morgan fingerprint density at radius 3 is 3.08 bits per heavy atom. The first-order valence-electron chi connectivity index (χ1n) is 4.24. The van der Waals surface area contributed by atoms with Crippen molar-refractivity contribution >= 4 is 21.6 Å². The number of anilines is 1. The lowest BCUT2D eigenvalue weighted by molar-refractivity contribution is 1.05. The van der Waals surface area contributed by atoms with E-state index in [1.807, 2.05) is 6.07 Å². The Kier molecular flexibility index (Phi) is 3.96. The molecule has 0 amide bonds. The molecule has 0 bridgehead atoms. The molecule has 0 aliphatic carbocycles. The Hall–Kier alpha value is -0.830. The molecule has 1 aromatic heterocycles. The molecule has 0 atom stereocenters. The van der Waals surface area contributed by atoms with E-state index in [9.17, 15) is 0 Å². The van der Waals surface area contributed by atoms with Crippen molar-refractivity contribution in [1.29, 1.82) is 0 Å². The summed E-state index contributed by atoms with van der Waals surface area (Å²) in [6, 6.07) is 1.94. The van der Waals surface area contributed by atoms with E-state index in [0.29, 0.717) is 0 Å². The first kappa shape index (κ1) is 10.3. The Labute approximate surface area is 87.2 Å². The van der Waals surface area contributed by atoms with Crippen LogP contribution in [0.4, 0.5) is 5.69 Å². The Bertz CT molecular complexity index is 297. The fourth-order valence-corrected chi connectivity index (χ4v) is 1.25. The highest BCUT2D eigenvalue weighted by Gasteiger charge is 1.97. The van der Waals surface area contributed by atoms with Crippen LogP contribution in [0.2, 0.25) is 0 Å². The van der Waals surface area contributed by atoms with Crippen LogP contribution in [0.25, 0.3) is 0 Å². The van der Waals surface area contributed by atoms with Crippen LogP contribution in [0.5, 0.6) is 0 Å². The Balaban J connectivity index is 2.54.